The summed E-state index contributed by atoms with van der Waals surface area (Å²) in [6, 6.07) is 6.69. The van der Waals surface area contributed by atoms with E-state index in [-0.39, 0.29) is 0 Å². The summed E-state index contributed by atoms with van der Waals surface area (Å²) >= 11 is 0. The van der Waals surface area contributed by atoms with E-state index in [9.17, 15) is 0 Å². The molecule has 0 bridgehead atoms. The van der Waals surface area contributed by atoms with Crippen LogP contribution in [0.5, 0.6) is 0 Å². The fourth-order valence-corrected chi connectivity index (χ4v) is 1.27. The van der Waals surface area contributed by atoms with Crippen molar-refractivity contribution in [3.05, 3.63) is 34.9 Å². The Kier molecular flexibility index (Phi) is 5.44. The van der Waals surface area contributed by atoms with Crippen molar-refractivity contribution in [3.8, 4) is 0 Å². The average molecular weight is 164 g/mol. The molecular weight excluding hydrogens is 144 g/mol. The smallest absolute Gasteiger partial charge is 0.0307 e. The van der Waals surface area contributed by atoms with Crippen LogP contribution >= 0.6 is 0 Å². The van der Waals surface area contributed by atoms with Crippen LogP contribution in [-0.2, 0) is 6.42 Å². The van der Waals surface area contributed by atoms with Crippen molar-refractivity contribution in [2.24, 2.45) is 0 Å². The van der Waals surface area contributed by atoms with E-state index in [1.807, 2.05) is 13.8 Å². The van der Waals surface area contributed by atoms with Crippen molar-refractivity contribution in [2.45, 2.75) is 41.0 Å². The van der Waals surface area contributed by atoms with Gasteiger partial charge in [-0.05, 0) is 25.8 Å². The van der Waals surface area contributed by atoms with Crippen molar-refractivity contribution >= 4 is 0 Å². The van der Waals surface area contributed by atoms with Gasteiger partial charge in [-0.25, -0.2) is 0 Å². The van der Waals surface area contributed by atoms with Crippen molar-refractivity contribution in [2.75, 3.05) is 0 Å². The third-order valence-corrected chi connectivity index (χ3v) is 1.69. The van der Waals surface area contributed by atoms with Gasteiger partial charge in [0, 0.05) is 0 Å². The second-order valence-electron chi connectivity index (χ2n) is 2.85. The van der Waals surface area contributed by atoms with E-state index in [1.165, 1.54) is 16.7 Å². The number of hydrogen-bond acceptors (Lipinski definition) is 0. The Morgan fingerprint density at radius 2 is 1.33 bits per heavy atom. The molecule has 0 fully saturated rings. The molecule has 12 heavy (non-hydrogen) atoms. The maximum absolute atomic E-state index is 2.24. The number of rotatable bonds is 1. The molecule has 0 nitrogen and oxygen atoms in total. The minimum Gasteiger partial charge on any atom is -0.0683 e. The molecule has 1 rings (SSSR count). The normalized spacial score (nSPS) is 8.75. The first-order valence-electron chi connectivity index (χ1n) is 4.79. The first kappa shape index (κ1) is 11.2. The van der Waals surface area contributed by atoms with Crippen LogP contribution in [0.1, 0.15) is 37.5 Å². The molecule has 0 atom stereocenters. The van der Waals surface area contributed by atoms with Crippen LogP contribution in [0, 0.1) is 13.8 Å². The highest BCUT2D eigenvalue weighted by Crippen LogP contribution is 2.08. The first-order valence-corrected chi connectivity index (χ1v) is 4.79. The summed E-state index contributed by atoms with van der Waals surface area (Å²) in [4.78, 5) is 0. The van der Waals surface area contributed by atoms with Gasteiger partial charge >= 0.3 is 0 Å². The fourth-order valence-electron chi connectivity index (χ4n) is 1.27. The molecule has 0 saturated heterocycles. The van der Waals surface area contributed by atoms with Gasteiger partial charge in [-0.3, -0.25) is 0 Å². The molecule has 0 aliphatic carbocycles. The molecule has 0 N–H and O–H groups in total. The van der Waals surface area contributed by atoms with Crippen molar-refractivity contribution < 1.29 is 0 Å². The maximum atomic E-state index is 2.24. The van der Waals surface area contributed by atoms with Crippen molar-refractivity contribution in [1.82, 2.24) is 0 Å². The van der Waals surface area contributed by atoms with Crippen LogP contribution in [0.15, 0.2) is 18.2 Å². The number of hydrogen-bond donors (Lipinski definition) is 0. The van der Waals surface area contributed by atoms with Gasteiger partial charge in [0.05, 0.1) is 0 Å². The zero-order valence-corrected chi connectivity index (χ0v) is 8.94. The van der Waals surface area contributed by atoms with Gasteiger partial charge in [-0.1, -0.05) is 50.1 Å². The summed E-state index contributed by atoms with van der Waals surface area (Å²) in [5.74, 6) is 0. The second-order valence-corrected chi connectivity index (χ2v) is 2.85. The summed E-state index contributed by atoms with van der Waals surface area (Å²) in [6.45, 7) is 10.5. The molecule has 0 heterocycles. The minimum atomic E-state index is 1.14. The minimum absolute atomic E-state index is 1.14. The van der Waals surface area contributed by atoms with Gasteiger partial charge in [0.25, 0.3) is 0 Å². The lowest BCUT2D eigenvalue weighted by atomic mass is 10.1. The first-order chi connectivity index (χ1) is 5.72. The second kappa shape index (κ2) is 5.82. The Labute approximate surface area is 76.6 Å². The van der Waals surface area contributed by atoms with E-state index in [4.69, 9.17) is 0 Å². The lowest BCUT2D eigenvalue weighted by Crippen LogP contribution is -1.83. The van der Waals surface area contributed by atoms with Gasteiger partial charge in [0.1, 0.15) is 0 Å². The highest BCUT2D eigenvalue weighted by molar-refractivity contribution is 5.28. The molecule has 0 saturated carbocycles. The summed E-state index contributed by atoms with van der Waals surface area (Å²) in [5, 5.41) is 0. The molecule has 0 aromatic heterocycles. The maximum Gasteiger partial charge on any atom is -0.0307 e. The van der Waals surface area contributed by atoms with Crippen LogP contribution in [0.3, 0.4) is 0 Å². The van der Waals surface area contributed by atoms with Crippen LogP contribution < -0.4 is 0 Å². The van der Waals surface area contributed by atoms with Gasteiger partial charge in [-0.2, -0.15) is 0 Å². The summed E-state index contributed by atoms with van der Waals surface area (Å²) < 4.78 is 0. The van der Waals surface area contributed by atoms with E-state index >= 15 is 0 Å². The SMILES string of the molecule is CC.CCc1cc(C)cc(C)c1. The van der Waals surface area contributed by atoms with Crippen LogP contribution in [-0.4, -0.2) is 0 Å². The number of benzene rings is 1. The van der Waals surface area contributed by atoms with E-state index in [0.717, 1.165) is 6.42 Å². The van der Waals surface area contributed by atoms with E-state index in [2.05, 4.69) is 39.0 Å². The topological polar surface area (TPSA) is 0 Å². The Morgan fingerprint density at radius 1 is 0.917 bits per heavy atom. The third kappa shape index (κ3) is 3.56. The summed E-state index contributed by atoms with van der Waals surface area (Å²) in [7, 11) is 0. The molecule has 0 unspecified atom stereocenters. The van der Waals surface area contributed by atoms with Crippen LogP contribution in [0.4, 0.5) is 0 Å². The quantitative estimate of drug-likeness (QED) is 0.590. The molecule has 1 aromatic carbocycles. The molecule has 0 amide bonds. The van der Waals surface area contributed by atoms with Gasteiger partial charge in [-0.15, -0.1) is 0 Å². The Hall–Kier alpha value is -0.780. The van der Waals surface area contributed by atoms with Gasteiger partial charge in [0.2, 0.25) is 0 Å². The standard InChI is InChI=1S/C10H14.C2H6/c1-4-10-6-8(2)5-9(3)7-10;1-2/h5-7H,4H2,1-3H3;1-2H3. The Balaban J connectivity index is 0.000000561. The molecule has 0 aliphatic rings. The van der Waals surface area contributed by atoms with E-state index in [1.54, 1.807) is 0 Å². The van der Waals surface area contributed by atoms with Crippen molar-refractivity contribution in [3.63, 3.8) is 0 Å². The zero-order chi connectivity index (χ0) is 9.56. The Morgan fingerprint density at radius 3 is 1.67 bits per heavy atom. The molecule has 0 spiro atoms. The highest BCUT2D eigenvalue weighted by atomic mass is 14.0. The lowest BCUT2D eigenvalue weighted by Gasteiger charge is -2.00. The summed E-state index contributed by atoms with van der Waals surface area (Å²) in [6.07, 6.45) is 1.14. The highest BCUT2D eigenvalue weighted by Gasteiger charge is 1.91. The molecule has 0 aliphatic heterocycles. The Bertz CT molecular complexity index is 203. The summed E-state index contributed by atoms with van der Waals surface area (Å²) in [5.41, 5.74) is 4.19. The molecule has 68 valence electrons. The monoisotopic (exact) mass is 164 g/mol. The lowest BCUT2D eigenvalue weighted by molar-refractivity contribution is 1.12. The van der Waals surface area contributed by atoms with Crippen LogP contribution in [0.2, 0.25) is 0 Å². The largest absolute Gasteiger partial charge is 0.0683 e. The third-order valence-electron chi connectivity index (χ3n) is 1.69. The number of aryl methyl sites for hydroxylation is 3. The van der Waals surface area contributed by atoms with E-state index < -0.39 is 0 Å². The molecule has 0 heteroatoms. The van der Waals surface area contributed by atoms with Crippen molar-refractivity contribution in [1.29, 1.82) is 0 Å². The predicted molar refractivity (Wildman–Crippen MR) is 56.6 cm³/mol. The zero-order valence-electron chi connectivity index (χ0n) is 8.94. The molecular formula is C12H20. The average Bonchev–Trinajstić information content (AvgIpc) is 2.06. The van der Waals surface area contributed by atoms with E-state index in [0.29, 0.717) is 0 Å². The van der Waals surface area contributed by atoms with Crippen LogP contribution in [0.25, 0.3) is 0 Å². The molecule has 1 aromatic rings. The molecule has 0 radical (unpaired) electrons. The van der Waals surface area contributed by atoms with Gasteiger partial charge < -0.3 is 0 Å². The fraction of sp³-hybridized carbons (Fsp3) is 0.500. The van der Waals surface area contributed by atoms with Gasteiger partial charge in [0.15, 0.2) is 0 Å². The predicted octanol–water partition coefficient (Wildman–Crippen LogP) is 3.89.